The maximum Gasteiger partial charge on any atom is 0.143 e. The predicted octanol–water partition coefficient (Wildman–Crippen LogP) is 2.38. The monoisotopic (exact) mass is 372 g/mol. The van der Waals surface area contributed by atoms with Crippen molar-refractivity contribution in [3.8, 4) is 0 Å². The van der Waals surface area contributed by atoms with Gasteiger partial charge in [0.15, 0.2) is 0 Å². The molecule has 0 radical (unpaired) electrons. The maximum absolute atomic E-state index is 10.8. The van der Waals surface area contributed by atoms with Gasteiger partial charge in [0.05, 0.1) is 11.6 Å². The van der Waals surface area contributed by atoms with Gasteiger partial charge in [-0.05, 0) is 64.9 Å². The van der Waals surface area contributed by atoms with Crippen molar-refractivity contribution in [1.82, 2.24) is 10.2 Å². The summed E-state index contributed by atoms with van der Waals surface area (Å²) < 4.78 is 0. The summed E-state index contributed by atoms with van der Waals surface area (Å²) in [4.78, 5) is 6.51. The first kappa shape index (κ1) is 21.3. The molecule has 27 heavy (non-hydrogen) atoms. The molecule has 4 unspecified atom stereocenters. The van der Waals surface area contributed by atoms with Crippen LogP contribution in [0.5, 0.6) is 0 Å². The number of hydrogen-bond donors (Lipinski definition) is 4. The van der Waals surface area contributed by atoms with Gasteiger partial charge in [0, 0.05) is 23.5 Å². The SMILES string of the molecule is C=CC(C(C=N)C(O)NC1=CC(=C(C)C)C(=NC(C)O)C=C1)N1CCCC1. The van der Waals surface area contributed by atoms with Gasteiger partial charge >= 0.3 is 0 Å². The van der Waals surface area contributed by atoms with E-state index in [9.17, 15) is 10.2 Å². The Balaban J connectivity index is 2.17. The summed E-state index contributed by atoms with van der Waals surface area (Å²) in [5, 5.41) is 31.3. The topological polar surface area (TPSA) is 91.9 Å². The fourth-order valence-corrected chi connectivity index (χ4v) is 3.57. The Morgan fingerprint density at radius 2 is 1.96 bits per heavy atom. The quantitative estimate of drug-likeness (QED) is 0.299. The highest BCUT2D eigenvalue weighted by molar-refractivity contribution is 6.12. The molecule has 6 nitrogen and oxygen atoms in total. The van der Waals surface area contributed by atoms with Crippen LogP contribution in [0.25, 0.3) is 0 Å². The highest BCUT2D eigenvalue weighted by Crippen LogP contribution is 2.22. The van der Waals surface area contributed by atoms with Crippen LogP contribution in [0.3, 0.4) is 0 Å². The fraction of sp³-hybridized carbons (Fsp3) is 0.524. The van der Waals surface area contributed by atoms with Crippen LogP contribution >= 0.6 is 0 Å². The van der Waals surface area contributed by atoms with Crippen LogP contribution < -0.4 is 5.32 Å². The van der Waals surface area contributed by atoms with Crippen molar-refractivity contribution in [2.45, 2.75) is 52.1 Å². The normalized spacial score (nSPS) is 23.5. The van der Waals surface area contributed by atoms with Gasteiger partial charge in [-0.1, -0.05) is 11.6 Å². The second kappa shape index (κ2) is 9.78. The van der Waals surface area contributed by atoms with Crippen LogP contribution in [0, 0.1) is 11.3 Å². The number of nitrogens with one attached hydrogen (secondary N) is 2. The second-order valence-electron chi connectivity index (χ2n) is 7.30. The highest BCUT2D eigenvalue weighted by Gasteiger charge is 2.31. The van der Waals surface area contributed by atoms with Crippen molar-refractivity contribution in [3.05, 3.63) is 47.7 Å². The zero-order chi connectivity index (χ0) is 20.0. The van der Waals surface area contributed by atoms with Crippen molar-refractivity contribution >= 4 is 11.9 Å². The summed E-state index contributed by atoms with van der Waals surface area (Å²) in [6.45, 7) is 11.4. The Morgan fingerprint density at radius 3 is 2.48 bits per heavy atom. The molecule has 1 saturated heterocycles. The third-order valence-corrected chi connectivity index (χ3v) is 4.93. The second-order valence-corrected chi connectivity index (χ2v) is 7.30. The standard InChI is InChI=1S/C21H32N4O2/c1-5-20(25-10-6-7-11-25)18(13-22)21(27)24-16-8-9-19(23-15(4)26)17(12-16)14(2)3/h5,8-9,12-13,15,18,20-22,24,26-27H,1,6-7,10-11H2,2-4H3. The van der Waals surface area contributed by atoms with E-state index < -0.39 is 18.4 Å². The van der Waals surface area contributed by atoms with Crippen LogP contribution in [-0.4, -0.2) is 58.6 Å². The van der Waals surface area contributed by atoms with Gasteiger partial charge in [-0.2, -0.15) is 0 Å². The number of rotatable bonds is 8. The summed E-state index contributed by atoms with van der Waals surface area (Å²) in [6, 6.07) is -0.0732. The average Bonchev–Trinajstić information content (AvgIpc) is 3.14. The van der Waals surface area contributed by atoms with Crippen LogP contribution in [0.15, 0.2) is 52.7 Å². The Morgan fingerprint density at radius 1 is 1.30 bits per heavy atom. The number of aliphatic hydroxyl groups excluding tert-OH is 2. The number of hydrogen-bond acceptors (Lipinski definition) is 6. The van der Waals surface area contributed by atoms with Crippen molar-refractivity contribution in [1.29, 1.82) is 5.41 Å². The third-order valence-electron chi connectivity index (χ3n) is 4.93. The van der Waals surface area contributed by atoms with E-state index >= 15 is 0 Å². The first-order chi connectivity index (χ1) is 12.9. The van der Waals surface area contributed by atoms with E-state index in [1.807, 2.05) is 38.2 Å². The Kier molecular flexibility index (Phi) is 7.71. The molecule has 4 atom stereocenters. The summed E-state index contributed by atoms with van der Waals surface area (Å²) in [5.74, 6) is -0.391. The molecule has 1 aliphatic carbocycles. The highest BCUT2D eigenvalue weighted by atomic mass is 16.3. The summed E-state index contributed by atoms with van der Waals surface area (Å²) in [5.41, 5.74) is 3.45. The molecule has 0 amide bonds. The number of aliphatic imine (C=N–C) groups is 1. The van der Waals surface area contributed by atoms with Crippen molar-refractivity contribution in [2.24, 2.45) is 10.9 Å². The Labute approximate surface area is 162 Å². The van der Waals surface area contributed by atoms with Crippen molar-refractivity contribution in [2.75, 3.05) is 13.1 Å². The van der Waals surface area contributed by atoms with Crippen molar-refractivity contribution < 1.29 is 10.2 Å². The molecule has 0 aromatic rings. The molecule has 4 N–H and O–H groups in total. The van der Waals surface area contributed by atoms with E-state index in [2.05, 4.69) is 21.8 Å². The van der Waals surface area contributed by atoms with Gasteiger partial charge in [-0.15, -0.1) is 6.58 Å². The predicted molar refractivity (Wildman–Crippen MR) is 111 cm³/mol. The van der Waals surface area contributed by atoms with Gasteiger partial charge in [0.2, 0.25) is 0 Å². The number of allylic oxidation sites excluding steroid dienone is 5. The first-order valence-corrected chi connectivity index (χ1v) is 9.52. The number of nitrogens with zero attached hydrogens (tertiary/aromatic N) is 2. The van der Waals surface area contributed by atoms with Gasteiger partial charge < -0.3 is 20.9 Å². The summed E-state index contributed by atoms with van der Waals surface area (Å²) in [6.07, 6.45) is 9.30. The molecule has 2 aliphatic rings. The minimum atomic E-state index is -0.907. The third kappa shape index (κ3) is 5.48. The van der Waals surface area contributed by atoms with E-state index in [1.165, 1.54) is 6.21 Å². The Bertz CT molecular complexity index is 666. The molecule has 148 valence electrons. The molecule has 0 aromatic carbocycles. The first-order valence-electron chi connectivity index (χ1n) is 9.52. The molecule has 0 saturated carbocycles. The number of likely N-dealkylation sites (tertiary alicyclic amines) is 1. The Hall–Kier alpha value is -2.02. The molecule has 0 aromatic heterocycles. The van der Waals surface area contributed by atoms with Crippen LogP contribution in [-0.2, 0) is 0 Å². The van der Waals surface area contributed by atoms with Crippen LogP contribution in [0.2, 0.25) is 0 Å². The van der Waals surface area contributed by atoms with Gasteiger partial charge in [-0.3, -0.25) is 9.89 Å². The van der Waals surface area contributed by atoms with E-state index in [0.717, 1.165) is 48.5 Å². The fourth-order valence-electron chi connectivity index (χ4n) is 3.57. The zero-order valence-corrected chi connectivity index (χ0v) is 16.5. The molecule has 1 aliphatic heterocycles. The molecule has 1 fully saturated rings. The van der Waals surface area contributed by atoms with Gasteiger partial charge in [-0.25, -0.2) is 0 Å². The zero-order valence-electron chi connectivity index (χ0n) is 16.5. The largest absolute Gasteiger partial charge is 0.373 e. The van der Waals surface area contributed by atoms with E-state index in [1.54, 1.807) is 6.92 Å². The average molecular weight is 373 g/mol. The molecule has 0 spiro atoms. The summed E-state index contributed by atoms with van der Waals surface area (Å²) >= 11 is 0. The lowest BCUT2D eigenvalue weighted by molar-refractivity contribution is 0.0794. The number of aliphatic hydroxyl groups is 2. The molecule has 1 heterocycles. The van der Waals surface area contributed by atoms with Gasteiger partial charge in [0.1, 0.15) is 12.5 Å². The van der Waals surface area contributed by atoms with E-state index in [0.29, 0.717) is 0 Å². The lowest BCUT2D eigenvalue weighted by atomic mass is 9.96. The molecular weight excluding hydrogens is 340 g/mol. The molecule has 0 bridgehead atoms. The summed E-state index contributed by atoms with van der Waals surface area (Å²) in [7, 11) is 0. The smallest absolute Gasteiger partial charge is 0.143 e. The minimum absolute atomic E-state index is 0.0732. The van der Waals surface area contributed by atoms with E-state index in [-0.39, 0.29) is 6.04 Å². The molecular formula is C21H32N4O2. The maximum atomic E-state index is 10.8. The van der Waals surface area contributed by atoms with Crippen LogP contribution in [0.1, 0.15) is 33.6 Å². The van der Waals surface area contributed by atoms with Gasteiger partial charge in [0.25, 0.3) is 0 Å². The van der Waals surface area contributed by atoms with Crippen molar-refractivity contribution in [3.63, 3.8) is 0 Å². The van der Waals surface area contributed by atoms with E-state index in [4.69, 9.17) is 5.41 Å². The minimum Gasteiger partial charge on any atom is -0.373 e. The lowest BCUT2D eigenvalue weighted by Crippen LogP contribution is -2.48. The molecule has 6 heteroatoms. The van der Waals surface area contributed by atoms with Crippen LogP contribution in [0.4, 0.5) is 0 Å². The molecule has 2 rings (SSSR count). The lowest BCUT2D eigenvalue weighted by Gasteiger charge is -2.33.